The van der Waals surface area contributed by atoms with E-state index in [0.29, 0.717) is 6.04 Å². The zero-order chi connectivity index (χ0) is 10.4. The topological polar surface area (TPSA) is 29.9 Å². The fourth-order valence-electron chi connectivity index (χ4n) is 1.56. The van der Waals surface area contributed by atoms with E-state index in [2.05, 4.69) is 24.3 Å². The summed E-state index contributed by atoms with van der Waals surface area (Å²) < 4.78 is 1.83. The first-order valence-electron chi connectivity index (χ1n) is 5.51. The Hall–Kier alpha value is -0.990. The fourth-order valence-corrected chi connectivity index (χ4v) is 1.56. The molecule has 0 unspecified atom stereocenters. The van der Waals surface area contributed by atoms with E-state index in [9.17, 15) is 0 Å². The van der Waals surface area contributed by atoms with E-state index >= 15 is 0 Å². The molecule has 0 aromatic carbocycles. The lowest BCUT2D eigenvalue weighted by atomic mass is 10.1. The van der Waals surface area contributed by atoms with E-state index < -0.39 is 0 Å². The minimum atomic E-state index is 0.596. The Labute approximate surface area is 86.5 Å². The molecule has 1 rings (SSSR count). The summed E-state index contributed by atoms with van der Waals surface area (Å²) >= 11 is 0. The van der Waals surface area contributed by atoms with Gasteiger partial charge in [-0.15, -0.1) is 0 Å². The van der Waals surface area contributed by atoms with E-state index in [4.69, 9.17) is 0 Å². The molecular formula is C11H21N3. The molecule has 3 heteroatoms. The van der Waals surface area contributed by atoms with E-state index in [1.807, 2.05) is 24.1 Å². The van der Waals surface area contributed by atoms with Crippen LogP contribution in [0.5, 0.6) is 0 Å². The molecule has 1 heterocycles. The third kappa shape index (κ3) is 3.40. The Balaban J connectivity index is 2.40. The standard InChI is InChI=1S/C11H21N3/c1-4-6-7-10(5-2)13-11-8-12-14(3)9-11/h8-10,13H,4-7H2,1-3H3/t10-/m0/s1. The Bertz CT molecular complexity index is 255. The minimum Gasteiger partial charge on any atom is -0.380 e. The first-order chi connectivity index (χ1) is 6.76. The zero-order valence-corrected chi connectivity index (χ0v) is 9.45. The SMILES string of the molecule is CCCC[C@H](CC)Nc1cnn(C)c1. The summed E-state index contributed by atoms with van der Waals surface area (Å²) in [6.07, 6.45) is 8.90. The third-order valence-electron chi connectivity index (χ3n) is 2.47. The number of nitrogens with zero attached hydrogens (tertiary/aromatic N) is 2. The number of aryl methyl sites for hydroxylation is 1. The lowest BCUT2D eigenvalue weighted by Gasteiger charge is -2.16. The van der Waals surface area contributed by atoms with Crippen LogP contribution in [0.4, 0.5) is 5.69 Å². The van der Waals surface area contributed by atoms with Gasteiger partial charge in [-0.1, -0.05) is 26.7 Å². The molecule has 1 N–H and O–H groups in total. The van der Waals surface area contributed by atoms with E-state index in [-0.39, 0.29) is 0 Å². The Morgan fingerprint density at radius 1 is 1.50 bits per heavy atom. The van der Waals surface area contributed by atoms with E-state index in [0.717, 1.165) is 5.69 Å². The summed E-state index contributed by atoms with van der Waals surface area (Å²) in [4.78, 5) is 0. The van der Waals surface area contributed by atoms with E-state index in [1.165, 1.54) is 25.7 Å². The van der Waals surface area contributed by atoms with Crippen LogP contribution in [0, 0.1) is 0 Å². The molecule has 0 fully saturated rings. The van der Waals surface area contributed by atoms with Crippen LogP contribution in [0.3, 0.4) is 0 Å². The van der Waals surface area contributed by atoms with Crippen molar-refractivity contribution in [1.29, 1.82) is 0 Å². The molecule has 0 saturated heterocycles. The van der Waals surface area contributed by atoms with Crippen molar-refractivity contribution in [2.45, 2.75) is 45.6 Å². The lowest BCUT2D eigenvalue weighted by Crippen LogP contribution is -2.17. The molecule has 1 aromatic heterocycles. The predicted octanol–water partition coefficient (Wildman–Crippen LogP) is 2.80. The highest BCUT2D eigenvalue weighted by Crippen LogP contribution is 2.12. The van der Waals surface area contributed by atoms with Gasteiger partial charge in [0.1, 0.15) is 0 Å². The van der Waals surface area contributed by atoms with Crippen LogP contribution < -0.4 is 5.32 Å². The molecule has 3 nitrogen and oxygen atoms in total. The molecule has 0 amide bonds. The number of nitrogens with one attached hydrogen (secondary N) is 1. The van der Waals surface area contributed by atoms with Gasteiger partial charge in [-0.25, -0.2) is 0 Å². The molecule has 14 heavy (non-hydrogen) atoms. The van der Waals surface area contributed by atoms with Gasteiger partial charge in [0.15, 0.2) is 0 Å². The van der Waals surface area contributed by atoms with Gasteiger partial charge in [0.25, 0.3) is 0 Å². The second kappa shape index (κ2) is 5.68. The predicted molar refractivity (Wildman–Crippen MR) is 60.4 cm³/mol. The molecule has 80 valence electrons. The first-order valence-corrected chi connectivity index (χ1v) is 5.51. The van der Waals surface area contributed by atoms with Crippen molar-refractivity contribution < 1.29 is 0 Å². The lowest BCUT2D eigenvalue weighted by molar-refractivity contribution is 0.593. The van der Waals surface area contributed by atoms with Crippen LogP contribution in [-0.2, 0) is 7.05 Å². The van der Waals surface area contributed by atoms with Crippen LogP contribution >= 0.6 is 0 Å². The molecule has 0 aliphatic rings. The first kappa shape index (κ1) is 11.1. The van der Waals surface area contributed by atoms with Crippen molar-refractivity contribution in [1.82, 2.24) is 9.78 Å². The molecule has 0 aliphatic heterocycles. The highest BCUT2D eigenvalue weighted by Gasteiger charge is 2.05. The highest BCUT2D eigenvalue weighted by atomic mass is 15.3. The quantitative estimate of drug-likeness (QED) is 0.756. The summed E-state index contributed by atoms with van der Waals surface area (Å²) in [5, 5.41) is 7.64. The van der Waals surface area contributed by atoms with Gasteiger partial charge in [0.05, 0.1) is 11.9 Å². The van der Waals surface area contributed by atoms with Crippen molar-refractivity contribution in [2.75, 3.05) is 5.32 Å². The van der Waals surface area contributed by atoms with Crippen molar-refractivity contribution in [2.24, 2.45) is 7.05 Å². The summed E-state index contributed by atoms with van der Waals surface area (Å²) in [7, 11) is 1.94. The average Bonchev–Trinajstić information content (AvgIpc) is 2.58. The van der Waals surface area contributed by atoms with Gasteiger partial charge >= 0.3 is 0 Å². The molecule has 0 bridgehead atoms. The van der Waals surface area contributed by atoms with Gasteiger partial charge < -0.3 is 5.32 Å². The molecule has 0 spiro atoms. The Kier molecular flexibility index (Phi) is 4.50. The Morgan fingerprint density at radius 3 is 2.79 bits per heavy atom. The number of hydrogen-bond acceptors (Lipinski definition) is 2. The molecule has 0 saturated carbocycles. The molecule has 1 atom stereocenters. The smallest absolute Gasteiger partial charge is 0.0728 e. The third-order valence-corrected chi connectivity index (χ3v) is 2.47. The summed E-state index contributed by atoms with van der Waals surface area (Å²) in [5.74, 6) is 0. The average molecular weight is 195 g/mol. The molecule has 1 aromatic rings. The monoisotopic (exact) mass is 195 g/mol. The van der Waals surface area contributed by atoms with Gasteiger partial charge in [0.2, 0.25) is 0 Å². The normalized spacial score (nSPS) is 12.8. The second-order valence-corrected chi connectivity index (χ2v) is 3.79. The minimum absolute atomic E-state index is 0.596. The zero-order valence-electron chi connectivity index (χ0n) is 9.45. The van der Waals surface area contributed by atoms with Crippen molar-refractivity contribution in [3.8, 4) is 0 Å². The maximum atomic E-state index is 4.14. The van der Waals surface area contributed by atoms with Gasteiger partial charge in [-0.2, -0.15) is 5.10 Å². The number of aromatic nitrogens is 2. The second-order valence-electron chi connectivity index (χ2n) is 3.79. The number of unbranched alkanes of at least 4 members (excludes halogenated alkanes) is 1. The highest BCUT2D eigenvalue weighted by molar-refractivity contribution is 5.39. The maximum absolute atomic E-state index is 4.14. The number of hydrogen-bond donors (Lipinski definition) is 1. The molecule has 0 aliphatic carbocycles. The van der Waals surface area contributed by atoms with Gasteiger partial charge in [-0.3, -0.25) is 4.68 Å². The summed E-state index contributed by atoms with van der Waals surface area (Å²) in [6, 6.07) is 0.596. The van der Waals surface area contributed by atoms with Gasteiger partial charge in [0, 0.05) is 19.3 Å². The number of rotatable bonds is 6. The van der Waals surface area contributed by atoms with Crippen LogP contribution in [-0.4, -0.2) is 15.8 Å². The van der Waals surface area contributed by atoms with Crippen molar-refractivity contribution in [3.05, 3.63) is 12.4 Å². The van der Waals surface area contributed by atoms with E-state index in [1.54, 1.807) is 0 Å². The van der Waals surface area contributed by atoms with Crippen LogP contribution in [0.25, 0.3) is 0 Å². The largest absolute Gasteiger partial charge is 0.380 e. The van der Waals surface area contributed by atoms with Gasteiger partial charge in [-0.05, 0) is 12.8 Å². The number of anilines is 1. The summed E-state index contributed by atoms with van der Waals surface area (Å²) in [6.45, 7) is 4.46. The van der Waals surface area contributed by atoms with Crippen LogP contribution in [0.1, 0.15) is 39.5 Å². The van der Waals surface area contributed by atoms with Crippen LogP contribution in [0.2, 0.25) is 0 Å². The maximum Gasteiger partial charge on any atom is 0.0728 e. The Morgan fingerprint density at radius 2 is 2.29 bits per heavy atom. The molecule has 0 radical (unpaired) electrons. The van der Waals surface area contributed by atoms with Crippen molar-refractivity contribution >= 4 is 5.69 Å². The fraction of sp³-hybridized carbons (Fsp3) is 0.727. The van der Waals surface area contributed by atoms with Crippen molar-refractivity contribution in [3.63, 3.8) is 0 Å². The summed E-state index contributed by atoms with van der Waals surface area (Å²) in [5.41, 5.74) is 1.13. The molecular weight excluding hydrogens is 174 g/mol. The van der Waals surface area contributed by atoms with Crippen LogP contribution in [0.15, 0.2) is 12.4 Å².